The molecule has 0 saturated carbocycles. The first kappa shape index (κ1) is 11.2. The number of aliphatic imine (C=N–C) groups is 1. The van der Waals surface area contributed by atoms with E-state index in [1.165, 1.54) is 0 Å². The summed E-state index contributed by atoms with van der Waals surface area (Å²) in [6.45, 7) is 0. The summed E-state index contributed by atoms with van der Waals surface area (Å²) >= 11 is 11.1. The molecule has 0 N–H and O–H groups in total. The predicted octanol–water partition coefficient (Wildman–Crippen LogP) is 3.09. The van der Waals surface area contributed by atoms with Crippen LogP contribution in [0.4, 0.5) is 0 Å². The zero-order valence-electron chi connectivity index (χ0n) is 8.06. The zero-order valence-corrected chi connectivity index (χ0v) is 9.57. The minimum absolute atomic E-state index is 0.186. The summed E-state index contributed by atoms with van der Waals surface area (Å²) in [5.41, 5.74) is 1.64. The minimum atomic E-state index is -0.551. The Morgan fingerprint density at radius 2 is 2.00 bits per heavy atom. The van der Waals surface area contributed by atoms with Gasteiger partial charge in [0.25, 0.3) is 0 Å². The van der Waals surface area contributed by atoms with Crippen LogP contribution in [0, 0.1) is 0 Å². The third kappa shape index (κ3) is 2.43. The van der Waals surface area contributed by atoms with Crippen molar-refractivity contribution in [3.8, 4) is 0 Å². The molecule has 0 amide bonds. The summed E-state index contributed by atoms with van der Waals surface area (Å²) in [7, 11) is 0. The van der Waals surface area contributed by atoms with Gasteiger partial charge in [0, 0.05) is 0 Å². The third-order valence-electron chi connectivity index (χ3n) is 2.13. The maximum Gasteiger partial charge on any atom is 0.341 e. The summed E-state index contributed by atoms with van der Waals surface area (Å²) in [5, 5.41) is 0. The van der Waals surface area contributed by atoms with E-state index in [1.807, 2.05) is 0 Å². The van der Waals surface area contributed by atoms with Crippen LogP contribution in [-0.4, -0.2) is 12.4 Å². The van der Waals surface area contributed by atoms with Crippen LogP contribution in [0.2, 0.25) is 0 Å². The number of nitrogens with zero attached hydrogens (tertiary/aromatic N) is 1. The number of carbonyl (C=O) groups is 1. The fraction of sp³-hybridized carbons (Fsp3) is 0.0909. The molecule has 0 bridgehead atoms. The molecule has 1 aliphatic rings. The van der Waals surface area contributed by atoms with Gasteiger partial charge in [-0.25, -0.2) is 9.79 Å². The first-order valence-electron chi connectivity index (χ1n) is 4.51. The SMILES string of the molecule is O=C1OC=NC1c1ccc(C=C(Cl)Cl)cc1. The van der Waals surface area contributed by atoms with Gasteiger partial charge in [-0.15, -0.1) is 0 Å². The number of hydrogen-bond donors (Lipinski definition) is 0. The van der Waals surface area contributed by atoms with E-state index in [2.05, 4.69) is 9.73 Å². The fourth-order valence-electron chi connectivity index (χ4n) is 1.39. The summed E-state index contributed by atoms with van der Waals surface area (Å²) in [6, 6.07) is 6.64. The average Bonchev–Trinajstić information content (AvgIpc) is 2.65. The maximum atomic E-state index is 11.2. The highest BCUT2D eigenvalue weighted by atomic mass is 35.5. The molecule has 1 aromatic carbocycles. The standard InChI is InChI=1S/C11H7Cl2NO2/c12-9(13)5-7-1-3-8(4-2-7)10-11(15)16-6-14-10/h1-6,10H. The van der Waals surface area contributed by atoms with Crippen molar-refractivity contribution in [3.05, 3.63) is 39.9 Å². The Balaban J connectivity index is 2.22. The Hall–Kier alpha value is -1.32. The monoisotopic (exact) mass is 255 g/mol. The van der Waals surface area contributed by atoms with E-state index in [-0.39, 0.29) is 10.5 Å². The first-order chi connectivity index (χ1) is 7.66. The van der Waals surface area contributed by atoms with Gasteiger partial charge < -0.3 is 4.74 Å². The zero-order chi connectivity index (χ0) is 11.5. The first-order valence-corrected chi connectivity index (χ1v) is 5.27. The van der Waals surface area contributed by atoms with Crippen molar-refractivity contribution in [2.45, 2.75) is 6.04 Å². The Kier molecular flexibility index (Phi) is 3.27. The molecule has 1 heterocycles. The molecule has 0 radical (unpaired) electrons. The van der Waals surface area contributed by atoms with Crippen molar-refractivity contribution in [1.29, 1.82) is 0 Å². The van der Waals surface area contributed by atoms with Crippen LogP contribution in [0.1, 0.15) is 17.2 Å². The second-order valence-electron chi connectivity index (χ2n) is 3.19. The lowest BCUT2D eigenvalue weighted by Crippen LogP contribution is -2.06. The van der Waals surface area contributed by atoms with Crippen molar-refractivity contribution in [3.63, 3.8) is 0 Å². The molecule has 0 fully saturated rings. The number of hydrogen-bond acceptors (Lipinski definition) is 3. The molecule has 0 spiro atoms. The van der Waals surface area contributed by atoms with E-state index in [0.29, 0.717) is 0 Å². The molecule has 1 aromatic rings. The number of halogens is 2. The molecule has 1 aliphatic heterocycles. The Morgan fingerprint density at radius 1 is 1.31 bits per heavy atom. The lowest BCUT2D eigenvalue weighted by atomic mass is 10.1. The summed E-state index contributed by atoms with van der Waals surface area (Å²) in [6.07, 6.45) is 2.78. The molecule has 0 saturated heterocycles. The Labute approximate surface area is 102 Å². The number of rotatable bonds is 2. The lowest BCUT2D eigenvalue weighted by Gasteiger charge is -2.04. The molecule has 5 heteroatoms. The molecular formula is C11H7Cl2NO2. The second kappa shape index (κ2) is 4.68. The van der Waals surface area contributed by atoms with Gasteiger partial charge in [0.1, 0.15) is 4.49 Å². The van der Waals surface area contributed by atoms with E-state index in [9.17, 15) is 4.79 Å². The molecule has 0 aromatic heterocycles. The van der Waals surface area contributed by atoms with E-state index < -0.39 is 6.04 Å². The maximum absolute atomic E-state index is 11.2. The fourth-order valence-corrected chi connectivity index (χ4v) is 1.64. The van der Waals surface area contributed by atoms with Crippen LogP contribution < -0.4 is 0 Å². The topological polar surface area (TPSA) is 38.7 Å². The number of benzene rings is 1. The van der Waals surface area contributed by atoms with E-state index in [1.54, 1.807) is 30.3 Å². The molecule has 1 atom stereocenters. The highest BCUT2D eigenvalue weighted by Crippen LogP contribution is 2.23. The number of cyclic esters (lactones) is 1. The van der Waals surface area contributed by atoms with Gasteiger partial charge in [0.2, 0.25) is 0 Å². The lowest BCUT2D eigenvalue weighted by molar-refractivity contribution is -0.134. The highest BCUT2D eigenvalue weighted by Gasteiger charge is 2.24. The Morgan fingerprint density at radius 3 is 2.50 bits per heavy atom. The summed E-state index contributed by atoms with van der Waals surface area (Å²) in [4.78, 5) is 15.1. The summed E-state index contributed by atoms with van der Waals surface area (Å²) in [5.74, 6) is -0.362. The highest BCUT2D eigenvalue weighted by molar-refractivity contribution is 6.57. The summed E-state index contributed by atoms with van der Waals surface area (Å²) < 4.78 is 4.82. The Bertz CT molecular complexity index is 461. The smallest absolute Gasteiger partial charge is 0.341 e. The molecule has 1 unspecified atom stereocenters. The molecule has 3 nitrogen and oxygen atoms in total. The van der Waals surface area contributed by atoms with Gasteiger partial charge >= 0.3 is 5.97 Å². The number of ether oxygens (including phenoxy) is 1. The molecule has 0 aliphatic carbocycles. The van der Waals surface area contributed by atoms with Crippen LogP contribution in [0.5, 0.6) is 0 Å². The third-order valence-corrected chi connectivity index (χ3v) is 2.35. The van der Waals surface area contributed by atoms with Crippen molar-refractivity contribution < 1.29 is 9.53 Å². The van der Waals surface area contributed by atoms with Crippen molar-refractivity contribution in [2.24, 2.45) is 4.99 Å². The van der Waals surface area contributed by atoms with Gasteiger partial charge in [-0.3, -0.25) is 0 Å². The second-order valence-corrected chi connectivity index (χ2v) is 4.20. The van der Waals surface area contributed by atoms with Crippen LogP contribution in [-0.2, 0) is 9.53 Å². The van der Waals surface area contributed by atoms with Gasteiger partial charge in [0.15, 0.2) is 12.4 Å². The van der Waals surface area contributed by atoms with Crippen molar-refractivity contribution in [1.82, 2.24) is 0 Å². The van der Waals surface area contributed by atoms with Crippen LogP contribution in [0.3, 0.4) is 0 Å². The van der Waals surface area contributed by atoms with Crippen LogP contribution >= 0.6 is 23.2 Å². The van der Waals surface area contributed by atoms with Crippen molar-refractivity contribution >= 4 is 41.6 Å². The molecule has 82 valence electrons. The molecule has 2 rings (SSSR count). The van der Waals surface area contributed by atoms with E-state index in [4.69, 9.17) is 23.2 Å². The largest absolute Gasteiger partial charge is 0.413 e. The van der Waals surface area contributed by atoms with Gasteiger partial charge in [0.05, 0.1) is 0 Å². The molecule has 16 heavy (non-hydrogen) atoms. The van der Waals surface area contributed by atoms with Gasteiger partial charge in [-0.05, 0) is 17.2 Å². The van der Waals surface area contributed by atoms with E-state index >= 15 is 0 Å². The van der Waals surface area contributed by atoms with Crippen LogP contribution in [0.25, 0.3) is 6.08 Å². The van der Waals surface area contributed by atoms with Crippen molar-refractivity contribution in [2.75, 3.05) is 0 Å². The predicted molar refractivity (Wildman–Crippen MR) is 63.5 cm³/mol. The van der Waals surface area contributed by atoms with Crippen LogP contribution in [0.15, 0.2) is 33.7 Å². The minimum Gasteiger partial charge on any atom is -0.413 e. The van der Waals surface area contributed by atoms with Gasteiger partial charge in [-0.1, -0.05) is 47.5 Å². The average molecular weight is 256 g/mol. The normalized spacial score (nSPS) is 18.4. The van der Waals surface area contributed by atoms with Gasteiger partial charge in [-0.2, -0.15) is 0 Å². The quantitative estimate of drug-likeness (QED) is 0.762. The van der Waals surface area contributed by atoms with E-state index in [0.717, 1.165) is 17.5 Å². The molecular weight excluding hydrogens is 249 g/mol. The number of esters is 1. The number of carbonyl (C=O) groups excluding carboxylic acids is 1.